The van der Waals surface area contributed by atoms with Crippen LogP contribution in [-0.4, -0.2) is 23.1 Å². The van der Waals surface area contributed by atoms with Crippen LogP contribution in [0.2, 0.25) is 5.02 Å². The Hall–Kier alpha value is -1.58. The van der Waals surface area contributed by atoms with Gasteiger partial charge in [-0.1, -0.05) is 35.9 Å². The number of fused-ring (bicyclic) bond motifs is 2. The summed E-state index contributed by atoms with van der Waals surface area (Å²) in [5, 5.41) is 4.90. The van der Waals surface area contributed by atoms with Gasteiger partial charge in [0.1, 0.15) is 0 Å². The van der Waals surface area contributed by atoms with Crippen LogP contribution in [0, 0.1) is 0 Å². The molecule has 0 amide bonds. The van der Waals surface area contributed by atoms with Crippen LogP contribution in [0.4, 0.5) is 5.69 Å². The van der Waals surface area contributed by atoms with Crippen molar-refractivity contribution in [1.29, 1.82) is 0 Å². The molecule has 2 aromatic carbocycles. The molecule has 4 heteroatoms. The standard InChI is InChI=1S/C20H21ClN2S/c21-16-5-7-17(8-6-16)22-19(24)23-13-11-20(12-14-23)10-9-15-3-1-2-4-18(15)20/h1-8H,9-14H2,(H,22,24). The smallest absolute Gasteiger partial charge is 0.173 e. The topological polar surface area (TPSA) is 15.3 Å². The van der Waals surface area contributed by atoms with Gasteiger partial charge in [-0.2, -0.15) is 0 Å². The van der Waals surface area contributed by atoms with Crippen molar-refractivity contribution in [2.24, 2.45) is 0 Å². The number of hydrogen-bond donors (Lipinski definition) is 1. The van der Waals surface area contributed by atoms with Crippen molar-refractivity contribution in [1.82, 2.24) is 4.90 Å². The average molecular weight is 357 g/mol. The van der Waals surface area contributed by atoms with Crippen molar-refractivity contribution in [3.8, 4) is 0 Å². The van der Waals surface area contributed by atoms with Gasteiger partial charge in [0.2, 0.25) is 0 Å². The summed E-state index contributed by atoms with van der Waals surface area (Å²) in [4.78, 5) is 2.30. The van der Waals surface area contributed by atoms with Gasteiger partial charge in [-0.15, -0.1) is 0 Å². The summed E-state index contributed by atoms with van der Waals surface area (Å²) in [5.41, 5.74) is 4.51. The predicted octanol–water partition coefficient (Wildman–Crippen LogP) is 5.02. The number of anilines is 1. The van der Waals surface area contributed by atoms with Crippen LogP contribution in [0.15, 0.2) is 48.5 Å². The maximum atomic E-state index is 5.94. The molecule has 2 aromatic rings. The fourth-order valence-electron chi connectivity index (χ4n) is 4.16. The van der Waals surface area contributed by atoms with Crippen molar-refractivity contribution in [2.75, 3.05) is 18.4 Å². The second-order valence-corrected chi connectivity index (χ2v) is 7.68. The van der Waals surface area contributed by atoms with E-state index in [1.807, 2.05) is 24.3 Å². The Morgan fingerprint density at radius 1 is 1.00 bits per heavy atom. The summed E-state index contributed by atoms with van der Waals surface area (Å²) in [6, 6.07) is 16.7. The first-order valence-corrected chi connectivity index (χ1v) is 9.35. The normalized spacial score (nSPS) is 18.5. The van der Waals surface area contributed by atoms with Gasteiger partial charge in [0.05, 0.1) is 0 Å². The lowest BCUT2D eigenvalue weighted by Crippen LogP contribution is -2.45. The molecule has 1 aliphatic heterocycles. The molecule has 24 heavy (non-hydrogen) atoms. The third-order valence-electron chi connectivity index (χ3n) is 5.56. The van der Waals surface area contributed by atoms with Crippen LogP contribution in [0.25, 0.3) is 0 Å². The van der Waals surface area contributed by atoms with Crippen LogP contribution in [0.3, 0.4) is 0 Å². The van der Waals surface area contributed by atoms with Crippen molar-refractivity contribution < 1.29 is 0 Å². The zero-order valence-corrected chi connectivity index (χ0v) is 15.2. The number of rotatable bonds is 1. The number of aryl methyl sites for hydroxylation is 1. The highest BCUT2D eigenvalue weighted by Crippen LogP contribution is 2.46. The predicted molar refractivity (Wildman–Crippen MR) is 105 cm³/mol. The minimum absolute atomic E-state index is 0.378. The summed E-state index contributed by atoms with van der Waals surface area (Å²) >= 11 is 11.5. The molecule has 1 aliphatic carbocycles. The molecule has 1 N–H and O–H groups in total. The van der Waals surface area contributed by atoms with Gasteiger partial charge in [0.25, 0.3) is 0 Å². The van der Waals surface area contributed by atoms with Gasteiger partial charge in [0, 0.05) is 23.8 Å². The fourth-order valence-corrected chi connectivity index (χ4v) is 4.58. The first-order valence-electron chi connectivity index (χ1n) is 8.56. The highest BCUT2D eigenvalue weighted by atomic mass is 35.5. The number of hydrogen-bond acceptors (Lipinski definition) is 1. The number of piperidine rings is 1. The van der Waals surface area contributed by atoms with E-state index in [-0.39, 0.29) is 0 Å². The van der Waals surface area contributed by atoms with Gasteiger partial charge in [-0.3, -0.25) is 0 Å². The van der Waals surface area contributed by atoms with Gasteiger partial charge < -0.3 is 10.2 Å². The van der Waals surface area contributed by atoms with Gasteiger partial charge >= 0.3 is 0 Å². The fraction of sp³-hybridized carbons (Fsp3) is 0.350. The molecule has 1 spiro atoms. The van der Waals surface area contributed by atoms with E-state index >= 15 is 0 Å². The van der Waals surface area contributed by atoms with E-state index in [0.29, 0.717) is 5.41 Å². The lowest BCUT2D eigenvalue weighted by Gasteiger charge is -2.41. The Balaban J connectivity index is 1.41. The first kappa shape index (κ1) is 15.9. The van der Waals surface area contributed by atoms with Gasteiger partial charge in [-0.25, -0.2) is 0 Å². The molecule has 0 bridgehead atoms. The average Bonchev–Trinajstić information content (AvgIpc) is 2.96. The Labute approximate surface area is 153 Å². The van der Waals surface area contributed by atoms with Crippen molar-refractivity contribution in [2.45, 2.75) is 31.1 Å². The van der Waals surface area contributed by atoms with Crippen molar-refractivity contribution >= 4 is 34.6 Å². The Morgan fingerprint density at radius 2 is 1.71 bits per heavy atom. The molecule has 1 fully saturated rings. The van der Waals surface area contributed by atoms with Crippen LogP contribution in [0.1, 0.15) is 30.4 Å². The zero-order valence-electron chi connectivity index (χ0n) is 13.6. The van der Waals surface area contributed by atoms with E-state index in [2.05, 4.69) is 34.5 Å². The summed E-state index contributed by atoms with van der Waals surface area (Å²) < 4.78 is 0. The highest BCUT2D eigenvalue weighted by molar-refractivity contribution is 7.80. The van der Waals surface area contributed by atoms with Crippen molar-refractivity contribution in [3.63, 3.8) is 0 Å². The third kappa shape index (κ3) is 2.91. The Morgan fingerprint density at radius 3 is 2.46 bits per heavy atom. The SMILES string of the molecule is S=C(Nc1ccc(Cl)cc1)N1CCC2(CCc3ccccc32)CC1. The molecule has 0 aromatic heterocycles. The Kier molecular flexibility index (Phi) is 4.23. The highest BCUT2D eigenvalue weighted by Gasteiger charge is 2.41. The molecule has 1 heterocycles. The molecule has 4 rings (SSSR count). The molecule has 2 aliphatic rings. The number of likely N-dealkylation sites (tertiary alicyclic amines) is 1. The third-order valence-corrected chi connectivity index (χ3v) is 6.18. The van der Waals surface area contributed by atoms with Crippen LogP contribution < -0.4 is 5.32 Å². The number of nitrogens with zero attached hydrogens (tertiary/aromatic N) is 1. The minimum Gasteiger partial charge on any atom is -0.349 e. The molecule has 0 saturated carbocycles. The number of benzene rings is 2. The second-order valence-electron chi connectivity index (χ2n) is 6.86. The number of halogens is 1. The molecular formula is C20H21ClN2S. The molecule has 0 radical (unpaired) electrons. The van der Waals surface area contributed by atoms with Crippen molar-refractivity contribution in [3.05, 3.63) is 64.7 Å². The van der Waals surface area contributed by atoms with Gasteiger partial charge in [-0.05, 0) is 78.7 Å². The van der Waals surface area contributed by atoms with Gasteiger partial charge in [0.15, 0.2) is 5.11 Å². The first-order chi connectivity index (χ1) is 11.7. The molecule has 2 nitrogen and oxygen atoms in total. The zero-order chi connectivity index (χ0) is 16.6. The van der Waals surface area contributed by atoms with E-state index in [9.17, 15) is 0 Å². The number of thiocarbonyl (C=S) groups is 1. The summed E-state index contributed by atoms with van der Waals surface area (Å²) in [6.45, 7) is 2.04. The molecule has 0 unspecified atom stereocenters. The molecule has 124 valence electrons. The van der Waals surface area contributed by atoms with Crippen LogP contribution >= 0.6 is 23.8 Å². The monoisotopic (exact) mass is 356 g/mol. The lowest BCUT2D eigenvalue weighted by molar-refractivity contribution is 0.226. The summed E-state index contributed by atoms with van der Waals surface area (Å²) in [7, 11) is 0. The molecule has 1 saturated heterocycles. The second kappa shape index (κ2) is 6.38. The Bertz CT molecular complexity index is 748. The maximum Gasteiger partial charge on any atom is 0.173 e. The van der Waals surface area contributed by atoms with Crippen LogP contribution in [0.5, 0.6) is 0 Å². The quantitative estimate of drug-likeness (QED) is 0.722. The molecular weight excluding hydrogens is 336 g/mol. The van der Waals surface area contributed by atoms with E-state index in [1.165, 1.54) is 25.7 Å². The van der Waals surface area contributed by atoms with E-state index in [4.69, 9.17) is 23.8 Å². The molecule has 0 atom stereocenters. The lowest BCUT2D eigenvalue weighted by atomic mass is 9.74. The number of nitrogens with one attached hydrogen (secondary N) is 1. The van der Waals surface area contributed by atoms with E-state index in [0.717, 1.165) is 28.9 Å². The summed E-state index contributed by atoms with van der Waals surface area (Å²) in [5.74, 6) is 0. The van der Waals surface area contributed by atoms with Crippen LogP contribution in [-0.2, 0) is 11.8 Å². The van der Waals surface area contributed by atoms with E-state index < -0.39 is 0 Å². The van der Waals surface area contributed by atoms with E-state index in [1.54, 1.807) is 11.1 Å². The maximum absolute atomic E-state index is 5.94. The minimum atomic E-state index is 0.378. The largest absolute Gasteiger partial charge is 0.349 e. The summed E-state index contributed by atoms with van der Waals surface area (Å²) in [6.07, 6.45) is 4.89.